The molecular weight excluding hydrogens is 701 g/mol. The van der Waals surface area contributed by atoms with Crippen molar-refractivity contribution in [3.05, 3.63) is 118 Å². The van der Waals surface area contributed by atoms with Gasteiger partial charge in [-0.25, -0.2) is 19.1 Å². The molecule has 0 aliphatic carbocycles. The SMILES string of the molecule is Cc1ccc2c(n1)oc1c(-c3cc(C(C)C)c(CC(C)C)c[n+]3C)c(C)ccc12.[2H]C([2H])([2H])C([2H])(C)c1cc(-c2c(C)ccc3c2oc2nc(C)ccc23)[n+](C)cc1C([2H])(C)C([2H])([2H])[2H]. The predicted octanol–water partition coefficient (Wildman–Crippen LogP) is 12.7. The molecule has 6 aromatic heterocycles. The Hall–Kier alpha value is -5.36. The molecule has 0 saturated carbocycles. The zero-order chi connectivity index (χ0) is 47.9. The standard InChI is InChI=1S/C26H31N2O.C25H29N2O/c1-15(2)12-19-14-28(7)23(13-22(19)16(3)4)24-17(5)8-10-20-21-11-9-18(6)27-26(21)29-25(20)24;1-14(2)20-12-22(27(7)13-21(20)15(3)4)23-16(5)8-10-18-19-11-9-17(6)26-25(19)28-24(18)23/h8-11,13-16H,12H2,1-7H3;8-15H,1-7H3/q2*+1/i;1D3,3D3,14D,15D. The highest BCUT2D eigenvalue weighted by atomic mass is 16.3. The van der Waals surface area contributed by atoms with Crippen LogP contribution in [0.25, 0.3) is 66.7 Å². The molecule has 0 aliphatic heterocycles. The molecule has 294 valence electrons. The molecule has 0 N–H and O–H groups in total. The molecule has 0 bridgehead atoms. The van der Waals surface area contributed by atoms with E-state index in [2.05, 4.69) is 92.7 Å². The molecule has 6 heterocycles. The minimum atomic E-state index is -2.77. The Balaban J connectivity index is 0.000000198. The molecule has 0 fully saturated rings. The Labute approximate surface area is 349 Å². The van der Waals surface area contributed by atoms with Crippen molar-refractivity contribution in [2.75, 3.05) is 0 Å². The summed E-state index contributed by atoms with van der Waals surface area (Å²) in [4.78, 5) is 9.12. The van der Waals surface area contributed by atoms with Gasteiger partial charge in [-0.05, 0) is 104 Å². The zero-order valence-corrected chi connectivity index (χ0v) is 35.4. The molecule has 6 heteroatoms. The van der Waals surface area contributed by atoms with Crippen molar-refractivity contribution in [3.8, 4) is 22.5 Å². The van der Waals surface area contributed by atoms with E-state index in [1.807, 2.05) is 45.0 Å². The molecule has 2 aromatic carbocycles. The highest BCUT2D eigenvalue weighted by molar-refractivity contribution is 6.09. The van der Waals surface area contributed by atoms with E-state index in [9.17, 15) is 0 Å². The topological polar surface area (TPSA) is 59.8 Å². The summed E-state index contributed by atoms with van der Waals surface area (Å²) in [7, 11) is 3.85. The van der Waals surface area contributed by atoms with Gasteiger partial charge in [-0.3, -0.25) is 0 Å². The van der Waals surface area contributed by atoms with Crippen molar-refractivity contribution in [2.45, 2.75) is 107 Å². The highest BCUT2D eigenvalue weighted by Crippen LogP contribution is 2.39. The maximum atomic E-state index is 8.83. The largest absolute Gasteiger partial charge is 0.437 e. The minimum Gasteiger partial charge on any atom is -0.437 e. The van der Waals surface area contributed by atoms with Crippen LogP contribution in [-0.4, -0.2) is 9.97 Å². The van der Waals surface area contributed by atoms with Gasteiger partial charge in [-0.15, -0.1) is 0 Å². The normalized spacial score (nSPS) is 16.6. The summed E-state index contributed by atoms with van der Waals surface area (Å²) in [6.45, 7) is 14.0. The van der Waals surface area contributed by atoms with Crippen LogP contribution in [0.4, 0.5) is 0 Å². The molecule has 2 atom stereocenters. The third-order valence-corrected chi connectivity index (χ3v) is 10.9. The summed E-state index contributed by atoms with van der Waals surface area (Å²) in [6, 6.07) is 20.1. The summed E-state index contributed by atoms with van der Waals surface area (Å²) in [6.07, 6.45) is 4.87. The van der Waals surface area contributed by atoms with Gasteiger partial charge in [0, 0.05) is 67.2 Å². The summed E-state index contributed by atoms with van der Waals surface area (Å²) < 4.78 is 81.9. The zero-order valence-electron chi connectivity index (χ0n) is 43.4. The number of hydrogen-bond acceptors (Lipinski definition) is 4. The molecule has 0 saturated heterocycles. The minimum absolute atomic E-state index is 0.0332. The van der Waals surface area contributed by atoms with Gasteiger partial charge < -0.3 is 8.83 Å². The van der Waals surface area contributed by atoms with Crippen LogP contribution in [0.5, 0.6) is 0 Å². The van der Waals surface area contributed by atoms with E-state index in [1.54, 1.807) is 11.6 Å². The van der Waals surface area contributed by atoms with Crippen molar-refractivity contribution in [1.82, 2.24) is 9.97 Å². The number of fused-ring (bicyclic) bond motifs is 6. The molecule has 0 radical (unpaired) electrons. The number of nitrogens with zero attached hydrogens (tertiary/aromatic N) is 4. The average Bonchev–Trinajstić information content (AvgIpc) is 3.74. The summed E-state index contributed by atoms with van der Waals surface area (Å²) in [5.74, 6) is -3.21. The Kier molecular flexibility index (Phi) is 8.37. The first-order valence-electron chi connectivity index (χ1n) is 23.8. The number of benzene rings is 2. The van der Waals surface area contributed by atoms with Gasteiger partial charge >= 0.3 is 0 Å². The first-order chi connectivity index (χ1) is 30.1. The van der Waals surface area contributed by atoms with E-state index in [-0.39, 0.29) is 11.1 Å². The molecule has 0 spiro atoms. The second kappa shape index (κ2) is 15.5. The van der Waals surface area contributed by atoms with Crippen LogP contribution in [0.3, 0.4) is 0 Å². The monoisotopic (exact) mass is 769 g/mol. The number of aryl methyl sites for hydroxylation is 6. The van der Waals surface area contributed by atoms with Gasteiger partial charge in [0.25, 0.3) is 0 Å². The van der Waals surface area contributed by atoms with E-state index in [0.29, 0.717) is 34.4 Å². The van der Waals surface area contributed by atoms with Gasteiger partial charge in [0.15, 0.2) is 23.6 Å². The fourth-order valence-electron chi connectivity index (χ4n) is 8.08. The van der Waals surface area contributed by atoms with Crippen LogP contribution in [0, 0.1) is 33.6 Å². The Bertz CT molecular complexity index is 3140. The third kappa shape index (κ3) is 7.47. The van der Waals surface area contributed by atoms with E-state index >= 15 is 0 Å². The van der Waals surface area contributed by atoms with E-state index < -0.39 is 25.5 Å². The van der Waals surface area contributed by atoms with E-state index in [0.717, 1.165) is 56.2 Å². The van der Waals surface area contributed by atoms with Crippen molar-refractivity contribution < 1.29 is 28.9 Å². The second-order valence-electron chi connectivity index (χ2n) is 16.4. The van der Waals surface area contributed by atoms with Crippen LogP contribution in [0.1, 0.15) is 129 Å². The first kappa shape index (κ1) is 30.7. The predicted molar refractivity (Wildman–Crippen MR) is 236 cm³/mol. The Morgan fingerprint density at radius 2 is 1.05 bits per heavy atom. The molecular formula is C51H60N4O2+2. The molecule has 2 unspecified atom stereocenters. The van der Waals surface area contributed by atoms with Gasteiger partial charge in [0.2, 0.25) is 22.8 Å². The van der Waals surface area contributed by atoms with Gasteiger partial charge in [-0.1, -0.05) is 79.5 Å². The van der Waals surface area contributed by atoms with Gasteiger partial charge in [0.05, 0.1) is 11.1 Å². The van der Waals surface area contributed by atoms with Crippen molar-refractivity contribution >= 4 is 44.1 Å². The maximum absolute atomic E-state index is 8.83. The van der Waals surface area contributed by atoms with Crippen LogP contribution in [-0.2, 0) is 20.5 Å². The number of rotatable bonds is 7. The maximum Gasteiger partial charge on any atom is 0.227 e. The fourth-order valence-corrected chi connectivity index (χ4v) is 8.08. The van der Waals surface area contributed by atoms with Crippen molar-refractivity contribution in [3.63, 3.8) is 0 Å². The molecule has 8 aromatic rings. The van der Waals surface area contributed by atoms with Crippen molar-refractivity contribution in [1.29, 1.82) is 0 Å². The smallest absolute Gasteiger partial charge is 0.227 e. The van der Waals surface area contributed by atoms with Crippen LogP contribution >= 0.6 is 0 Å². The fraction of sp³-hybridized carbons (Fsp3) is 0.373. The van der Waals surface area contributed by atoms with E-state index in [4.69, 9.17) is 19.8 Å². The number of hydrogen-bond donors (Lipinski definition) is 0. The number of aromatic nitrogens is 4. The van der Waals surface area contributed by atoms with Gasteiger partial charge in [-0.2, -0.15) is 0 Å². The Morgan fingerprint density at radius 1 is 0.596 bits per heavy atom. The Morgan fingerprint density at radius 3 is 1.53 bits per heavy atom. The molecule has 57 heavy (non-hydrogen) atoms. The lowest BCUT2D eigenvalue weighted by Crippen LogP contribution is -2.32. The number of furan rings is 2. The lowest BCUT2D eigenvalue weighted by atomic mass is 9.90. The summed E-state index contributed by atoms with van der Waals surface area (Å²) in [5.41, 5.74) is 12.9. The number of pyridine rings is 4. The second-order valence-corrected chi connectivity index (χ2v) is 16.4. The van der Waals surface area contributed by atoms with E-state index in [1.165, 1.54) is 54.1 Å². The molecule has 0 amide bonds. The lowest BCUT2D eigenvalue weighted by molar-refractivity contribution is -0.661. The van der Waals surface area contributed by atoms with Crippen LogP contribution < -0.4 is 9.13 Å². The molecule has 6 nitrogen and oxygen atoms in total. The molecule has 8 rings (SSSR count). The highest BCUT2D eigenvalue weighted by Gasteiger charge is 2.26. The summed E-state index contributed by atoms with van der Waals surface area (Å²) in [5, 5.41) is 3.88. The van der Waals surface area contributed by atoms with Crippen LogP contribution in [0.2, 0.25) is 0 Å². The van der Waals surface area contributed by atoms with Crippen molar-refractivity contribution in [2.24, 2.45) is 20.0 Å². The average molecular weight is 769 g/mol. The van der Waals surface area contributed by atoms with Gasteiger partial charge in [0.1, 0.15) is 14.1 Å². The summed E-state index contributed by atoms with van der Waals surface area (Å²) >= 11 is 0. The lowest BCUT2D eigenvalue weighted by Gasteiger charge is -2.16. The third-order valence-electron chi connectivity index (χ3n) is 10.9. The molecule has 0 aliphatic rings. The quantitative estimate of drug-likeness (QED) is 0.152. The van der Waals surface area contributed by atoms with Crippen LogP contribution in [0.15, 0.2) is 81.9 Å². The first-order valence-corrected chi connectivity index (χ1v) is 19.8.